The lowest BCUT2D eigenvalue weighted by Crippen LogP contribution is -2.45. The van der Waals surface area contributed by atoms with E-state index in [9.17, 15) is 9.59 Å². The van der Waals surface area contributed by atoms with Gasteiger partial charge in [0.05, 0.1) is 5.55 Å². The topological polar surface area (TPSA) is 61.8 Å². The van der Waals surface area contributed by atoms with Crippen molar-refractivity contribution in [1.29, 1.82) is 0 Å². The number of carbonyl (C=O) groups is 2. The van der Waals surface area contributed by atoms with Crippen molar-refractivity contribution < 1.29 is 9.59 Å². The van der Waals surface area contributed by atoms with Crippen LogP contribution in [0.25, 0.3) is 0 Å². The molecule has 1 saturated heterocycles. The van der Waals surface area contributed by atoms with Gasteiger partial charge in [-0.1, -0.05) is 20.8 Å². The van der Waals surface area contributed by atoms with E-state index in [1.54, 1.807) is 17.5 Å². The molecule has 0 spiro atoms. The minimum absolute atomic E-state index is 0.0513. The molecule has 0 aromatic carbocycles. The zero-order valence-electron chi connectivity index (χ0n) is 12.1. The Kier molecular flexibility index (Phi) is 5.85. The third-order valence-corrected chi connectivity index (χ3v) is 3.51. The van der Waals surface area contributed by atoms with Crippen LogP contribution in [0.1, 0.15) is 40.0 Å². The van der Waals surface area contributed by atoms with Gasteiger partial charge in [-0.3, -0.25) is 19.3 Å². The molecule has 1 heterocycles. The lowest BCUT2D eigenvalue weighted by molar-refractivity contribution is -0.139. The average molecular weight is 285 g/mol. The van der Waals surface area contributed by atoms with Crippen molar-refractivity contribution in [1.82, 2.24) is 9.62 Å². The Labute approximate surface area is 119 Å². The summed E-state index contributed by atoms with van der Waals surface area (Å²) in [5, 5.41) is 0. The summed E-state index contributed by atoms with van der Waals surface area (Å²) in [6.07, 6.45) is 2.10. The van der Waals surface area contributed by atoms with E-state index in [0.717, 1.165) is 24.8 Å². The lowest BCUT2D eigenvalue weighted by Gasteiger charge is -2.27. The number of hydrogen-bond donors (Lipinski definition) is 1. The van der Waals surface area contributed by atoms with Crippen molar-refractivity contribution in [3.63, 3.8) is 0 Å². The van der Waals surface area contributed by atoms with Crippen LogP contribution in [0.4, 0.5) is 0 Å². The van der Waals surface area contributed by atoms with Gasteiger partial charge in [0.1, 0.15) is 6.04 Å². The van der Waals surface area contributed by atoms with E-state index in [-0.39, 0.29) is 23.3 Å². The molecule has 1 atom stereocenters. The molecular formula is C13H23N3O2S. The number of hydrogen-bond acceptors (Lipinski definition) is 4. The molecule has 1 aliphatic rings. The lowest BCUT2D eigenvalue weighted by atomic mass is 9.91. The van der Waals surface area contributed by atoms with Crippen molar-refractivity contribution in [2.45, 2.75) is 46.1 Å². The molecule has 0 aromatic rings. The number of carbonyl (C=O) groups excluding carboxylic acids is 2. The summed E-state index contributed by atoms with van der Waals surface area (Å²) in [4.78, 5) is 29.7. The number of nitrogens with zero attached hydrogens (tertiary/aromatic N) is 2. The predicted molar refractivity (Wildman–Crippen MR) is 79.0 cm³/mol. The molecule has 6 heteroatoms. The highest BCUT2D eigenvalue weighted by atomic mass is 32.2. The fourth-order valence-electron chi connectivity index (χ4n) is 2.10. The monoisotopic (exact) mass is 285 g/mol. The Hall–Kier alpha value is -1.04. The van der Waals surface area contributed by atoms with Crippen LogP contribution in [-0.4, -0.2) is 41.9 Å². The van der Waals surface area contributed by atoms with Crippen LogP contribution in [0.15, 0.2) is 4.99 Å². The van der Waals surface area contributed by atoms with E-state index < -0.39 is 0 Å². The maximum absolute atomic E-state index is 12.2. The fraction of sp³-hybridized carbons (Fsp3) is 0.769. The largest absolute Gasteiger partial charge is 0.331 e. The van der Waals surface area contributed by atoms with Gasteiger partial charge in [0.25, 0.3) is 5.91 Å². The first-order valence-electron chi connectivity index (χ1n) is 6.51. The van der Waals surface area contributed by atoms with Gasteiger partial charge in [-0.15, -0.1) is 0 Å². The number of rotatable bonds is 4. The van der Waals surface area contributed by atoms with Crippen LogP contribution in [0.3, 0.4) is 0 Å². The van der Waals surface area contributed by atoms with E-state index in [1.807, 2.05) is 20.8 Å². The van der Waals surface area contributed by atoms with Crippen molar-refractivity contribution in [3.05, 3.63) is 0 Å². The number of aliphatic imine (C=N–C) groups is 1. The molecule has 1 aliphatic heterocycles. The van der Waals surface area contributed by atoms with Gasteiger partial charge in [0, 0.05) is 20.0 Å². The van der Waals surface area contributed by atoms with Crippen LogP contribution in [0.2, 0.25) is 0 Å². The molecule has 0 bridgehead atoms. The Bertz CT molecular complexity index is 363. The molecule has 5 nitrogen and oxygen atoms in total. The number of nitrogens with one attached hydrogen (secondary N) is 1. The summed E-state index contributed by atoms with van der Waals surface area (Å²) in [5.74, 6) is -0.0380. The molecule has 0 saturated carbocycles. The molecular weight excluding hydrogens is 262 g/mol. The first kappa shape index (κ1) is 16.0. The molecule has 1 N–H and O–H groups in total. The zero-order valence-corrected chi connectivity index (χ0v) is 12.9. The van der Waals surface area contributed by atoms with Crippen molar-refractivity contribution in [3.8, 4) is 0 Å². The second-order valence-corrected chi connectivity index (χ2v) is 6.58. The van der Waals surface area contributed by atoms with Crippen LogP contribution in [0, 0.1) is 5.41 Å². The third-order valence-electron chi connectivity index (χ3n) is 2.87. The van der Waals surface area contributed by atoms with Crippen LogP contribution < -0.4 is 4.72 Å². The van der Waals surface area contributed by atoms with Crippen LogP contribution in [0.5, 0.6) is 0 Å². The highest BCUT2D eigenvalue weighted by Gasteiger charge is 2.35. The van der Waals surface area contributed by atoms with Crippen molar-refractivity contribution >= 4 is 29.3 Å². The number of likely N-dealkylation sites (tertiary alicyclic amines) is 1. The van der Waals surface area contributed by atoms with Gasteiger partial charge in [-0.2, -0.15) is 0 Å². The van der Waals surface area contributed by atoms with Gasteiger partial charge in [-0.05, 0) is 30.2 Å². The summed E-state index contributed by atoms with van der Waals surface area (Å²) in [5.41, 5.74) is 1.51. The highest BCUT2D eigenvalue weighted by molar-refractivity contribution is 8.10. The molecule has 1 unspecified atom stereocenters. The first-order valence-corrected chi connectivity index (χ1v) is 7.39. The Morgan fingerprint density at radius 1 is 1.47 bits per heavy atom. The van der Waals surface area contributed by atoms with Gasteiger partial charge in [0.2, 0.25) is 5.91 Å². The molecule has 19 heavy (non-hydrogen) atoms. The summed E-state index contributed by atoms with van der Waals surface area (Å²) < 4.78 is 2.71. The summed E-state index contributed by atoms with van der Waals surface area (Å²) in [7, 11) is 1.65. The van der Waals surface area contributed by atoms with E-state index in [4.69, 9.17) is 0 Å². The second-order valence-electron chi connectivity index (χ2n) is 5.93. The van der Waals surface area contributed by atoms with E-state index >= 15 is 0 Å². The van der Waals surface area contributed by atoms with Gasteiger partial charge in [0.15, 0.2) is 0 Å². The van der Waals surface area contributed by atoms with Crippen LogP contribution in [-0.2, 0) is 9.59 Å². The zero-order chi connectivity index (χ0) is 14.5. The Morgan fingerprint density at radius 3 is 2.74 bits per heavy atom. The van der Waals surface area contributed by atoms with E-state index in [1.165, 1.54) is 0 Å². The Balaban J connectivity index is 2.58. The predicted octanol–water partition coefficient (Wildman–Crippen LogP) is 1.84. The van der Waals surface area contributed by atoms with Crippen LogP contribution >= 0.6 is 11.9 Å². The molecule has 0 radical (unpaired) electrons. The Morgan fingerprint density at radius 2 is 2.16 bits per heavy atom. The van der Waals surface area contributed by atoms with E-state index in [0.29, 0.717) is 13.0 Å². The molecule has 1 fully saturated rings. The quantitative estimate of drug-likeness (QED) is 0.487. The highest BCUT2D eigenvalue weighted by Crippen LogP contribution is 2.25. The molecule has 108 valence electrons. The average Bonchev–Trinajstić information content (AvgIpc) is 2.75. The van der Waals surface area contributed by atoms with Gasteiger partial charge < -0.3 is 4.90 Å². The van der Waals surface area contributed by atoms with E-state index in [2.05, 4.69) is 9.71 Å². The fourth-order valence-corrected chi connectivity index (χ4v) is 2.51. The van der Waals surface area contributed by atoms with Gasteiger partial charge in [-0.25, -0.2) is 0 Å². The SMILES string of the molecule is CN=CSNC(=O)C1CCCN1C(=O)CC(C)(C)C. The number of amides is 2. The maximum atomic E-state index is 12.2. The maximum Gasteiger partial charge on any atom is 0.252 e. The minimum atomic E-state index is -0.326. The summed E-state index contributed by atoms with van der Waals surface area (Å²) >= 11 is 1.15. The molecule has 2 amide bonds. The smallest absolute Gasteiger partial charge is 0.252 e. The van der Waals surface area contributed by atoms with Crippen molar-refractivity contribution in [2.24, 2.45) is 10.4 Å². The summed E-state index contributed by atoms with van der Waals surface area (Å²) in [6.45, 7) is 6.77. The minimum Gasteiger partial charge on any atom is -0.331 e. The second kappa shape index (κ2) is 6.93. The first-order chi connectivity index (χ1) is 8.85. The summed E-state index contributed by atoms with van der Waals surface area (Å²) in [6, 6.07) is -0.326. The van der Waals surface area contributed by atoms with Crippen molar-refractivity contribution in [2.75, 3.05) is 13.6 Å². The third kappa shape index (κ3) is 5.22. The van der Waals surface area contributed by atoms with Gasteiger partial charge >= 0.3 is 0 Å². The molecule has 0 aromatic heterocycles. The normalized spacial score (nSPS) is 20.0. The molecule has 0 aliphatic carbocycles. The molecule has 1 rings (SSSR count). The standard InChI is InChI=1S/C13H23N3O2S/c1-13(2,3)8-11(17)16-7-5-6-10(16)12(18)15-19-9-14-4/h9-10H,5-8H2,1-4H3,(H,15,18).